The van der Waals surface area contributed by atoms with Crippen LogP contribution in [-0.2, 0) is 4.74 Å². The molecule has 2 rings (SSSR count). The van der Waals surface area contributed by atoms with Gasteiger partial charge in [-0.2, -0.15) is 9.97 Å². The Labute approximate surface area is 115 Å². The lowest BCUT2D eigenvalue weighted by molar-refractivity contribution is -0.385. The van der Waals surface area contributed by atoms with Crippen LogP contribution in [0, 0.1) is 10.1 Å². The Bertz CT molecular complexity index is 514. The van der Waals surface area contributed by atoms with Gasteiger partial charge >= 0.3 is 11.6 Å². The molecule has 0 aliphatic carbocycles. The van der Waals surface area contributed by atoms with E-state index in [1.807, 2.05) is 18.7 Å². The summed E-state index contributed by atoms with van der Waals surface area (Å²) in [5, 5.41) is 10.9. The van der Waals surface area contributed by atoms with Crippen LogP contribution < -0.4 is 15.4 Å². The molecule has 0 aromatic carbocycles. The van der Waals surface area contributed by atoms with E-state index in [0.717, 1.165) is 0 Å². The maximum Gasteiger partial charge on any atom is 0.372 e. The van der Waals surface area contributed by atoms with Crippen molar-refractivity contribution in [2.75, 3.05) is 30.8 Å². The maximum absolute atomic E-state index is 10.9. The summed E-state index contributed by atoms with van der Waals surface area (Å²) in [6, 6.07) is 0. The molecule has 20 heavy (non-hydrogen) atoms. The highest BCUT2D eigenvalue weighted by atomic mass is 16.6. The summed E-state index contributed by atoms with van der Waals surface area (Å²) in [6.45, 7) is 5.05. The van der Waals surface area contributed by atoms with E-state index in [1.165, 1.54) is 7.11 Å². The van der Waals surface area contributed by atoms with Gasteiger partial charge in [-0.3, -0.25) is 10.1 Å². The predicted octanol–water partition coefficient (Wildman–Crippen LogP) is 0.589. The van der Waals surface area contributed by atoms with E-state index in [1.54, 1.807) is 0 Å². The molecule has 1 aliphatic rings. The molecular weight excluding hydrogens is 266 g/mol. The molecule has 1 aliphatic heterocycles. The summed E-state index contributed by atoms with van der Waals surface area (Å²) < 4.78 is 10.6. The number of nitrogen functional groups attached to an aromatic ring is 1. The third-order valence-electron chi connectivity index (χ3n) is 2.95. The number of anilines is 2. The van der Waals surface area contributed by atoms with Crippen LogP contribution in [-0.4, -0.2) is 47.3 Å². The molecule has 110 valence electrons. The number of hydrogen-bond donors (Lipinski definition) is 1. The monoisotopic (exact) mass is 283 g/mol. The van der Waals surface area contributed by atoms with Gasteiger partial charge in [0.05, 0.1) is 24.2 Å². The molecule has 2 heterocycles. The second-order valence-electron chi connectivity index (χ2n) is 4.69. The Hall–Kier alpha value is -2.16. The minimum absolute atomic E-state index is 0.0183. The fraction of sp³-hybridized carbons (Fsp3) is 0.636. The summed E-state index contributed by atoms with van der Waals surface area (Å²) in [5.41, 5.74) is 5.23. The van der Waals surface area contributed by atoms with Crippen molar-refractivity contribution in [2.24, 2.45) is 0 Å². The first-order chi connectivity index (χ1) is 9.42. The molecule has 9 nitrogen and oxygen atoms in total. The van der Waals surface area contributed by atoms with Crippen molar-refractivity contribution in [3.05, 3.63) is 10.1 Å². The minimum atomic E-state index is -0.650. The van der Waals surface area contributed by atoms with Crippen molar-refractivity contribution in [3.63, 3.8) is 0 Å². The number of hydrogen-bond acceptors (Lipinski definition) is 8. The maximum atomic E-state index is 10.9. The molecule has 0 amide bonds. The van der Waals surface area contributed by atoms with Crippen LogP contribution in [0.4, 0.5) is 17.5 Å². The van der Waals surface area contributed by atoms with Crippen LogP contribution in [0.2, 0.25) is 0 Å². The number of rotatable bonds is 3. The number of methoxy groups -OCH3 is 1. The lowest BCUT2D eigenvalue weighted by Crippen LogP contribution is -2.46. The lowest BCUT2D eigenvalue weighted by Gasteiger charge is -2.35. The van der Waals surface area contributed by atoms with Gasteiger partial charge in [-0.05, 0) is 13.8 Å². The van der Waals surface area contributed by atoms with E-state index in [9.17, 15) is 10.1 Å². The summed E-state index contributed by atoms with van der Waals surface area (Å²) in [5.74, 6) is -0.0279. The van der Waals surface area contributed by atoms with E-state index in [2.05, 4.69) is 9.97 Å². The number of ether oxygens (including phenoxy) is 2. The molecule has 1 fully saturated rings. The first-order valence-corrected chi connectivity index (χ1v) is 6.18. The van der Waals surface area contributed by atoms with Gasteiger partial charge in [-0.1, -0.05) is 0 Å². The van der Waals surface area contributed by atoms with E-state index in [-0.39, 0.29) is 23.9 Å². The molecule has 2 atom stereocenters. The standard InChI is InChI=1S/C11H17N5O4/c1-6-4-15(5-7(2)20-6)11-13-9(12)8(16(17)18)10(14-11)19-3/h6-7H,4-5H2,1-3H3,(H2,12,13,14). The zero-order valence-corrected chi connectivity index (χ0v) is 11.6. The molecule has 1 saturated heterocycles. The minimum Gasteiger partial charge on any atom is -0.476 e. The van der Waals surface area contributed by atoms with Crippen molar-refractivity contribution in [1.82, 2.24) is 9.97 Å². The van der Waals surface area contributed by atoms with E-state index in [0.29, 0.717) is 19.0 Å². The molecule has 0 radical (unpaired) electrons. The number of morpholine rings is 1. The number of nitro groups is 1. The SMILES string of the molecule is COc1nc(N2CC(C)OC(C)C2)nc(N)c1[N+](=O)[O-]. The molecule has 9 heteroatoms. The Morgan fingerprint density at radius 2 is 2.00 bits per heavy atom. The molecule has 0 saturated carbocycles. The second-order valence-corrected chi connectivity index (χ2v) is 4.69. The number of aromatic nitrogens is 2. The fourth-order valence-electron chi connectivity index (χ4n) is 2.24. The smallest absolute Gasteiger partial charge is 0.372 e. The summed E-state index contributed by atoms with van der Waals surface area (Å²) in [7, 11) is 1.31. The first-order valence-electron chi connectivity index (χ1n) is 6.18. The van der Waals surface area contributed by atoms with Gasteiger partial charge in [-0.15, -0.1) is 0 Å². The molecule has 0 spiro atoms. The third-order valence-corrected chi connectivity index (χ3v) is 2.95. The summed E-state index contributed by atoms with van der Waals surface area (Å²) in [6.07, 6.45) is 0.0366. The third kappa shape index (κ3) is 2.72. The van der Waals surface area contributed by atoms with Crippen molar-refractivity contribution in [2.45, 2.75) is 26.1 Å². The quantitative estimate of drug-likeness (QED) is 0.632. The highest BCUT2D eigenvalue weighted by Gasteiger charge is 2.29. The molecule has 2 N–H and O–H groups in total. The highest BCUT2D eigenvalue weighted by Crippen LogP contribution is 2.32. The average Bonchev–Trinajstić information content (AvgIpc) is 2.35. The zero-order valence-electron chi connectivity index (χ0n) is 11.6. The normalized spacial score (nSPS) is 22.6. The predicted molar refractivity (Wildman–Crippen MR) is 71.9 cm³/mol. The van der Waals surface area contributed by atoms with Crippen molar-refractivity contribution >= 4 is 17.5 Å². The van der Waals surface area contributed by atoms with Gasteiger partial charge in [0.1, 0.15) is 0 Å². The zero-order chi connectivity index (χ0) is 14.9. The van der Waals surface area contributed by atoms with Gasteiger partial charge in [0.25, 0.3) is 0 Å². The average molecular weight is 283 g/mol. The van der Waals surface area contributed by atoms with Crippen molar-refractivity contribution in [3.8, 4) is 5.88 Å². The van der Waals surface area contributed by atoms with Crippen LogP contribution in [0.1, 0.15) is 13.8 Å². The Kier molecular flexibility index (Phi) is 3.89. The topological polar surface area (TPSA) is 117 Å². The van der Waals surface area contributed by atoms with E-state index >= 15 is 0 Å². The Morgan fingerprint density at radius 1 is 1.40 bits per heavy atom. The molecule has 2 unspecified atom stereocenters. The molecule has 1 aromatic rings. The molecular formula is C11H17N5O4. The van der Waals surface area contributed by atoms with Crippen LogP contribution >= 0.6 is 0 Å². The Balaban J connectivity index is 2.38. The molecule has 0 bridgehead atoms. The van der Waals surface area contributed by atoms with Crippen LogP contribution in [0.15, 0.2) is 0 Å². The second kappa shape index (κ2) is 5.45. The van der Waals surface area contributed by atoms with Gasteiger partial charge < -0.3 is 20.1 Å². The van der Waals surface area contributed by atoms with Gasteiger partial charge in [0.2, 0.25) is 11.8 Å². The van der Waals surface area contributed by atoms with Crippen LogP contribution in [0.3, 0.4) is 0 Å². The largest absolute Gasteiger partial charge is 0.476 e. The summed E-state index contributed by atoms with van der Waals surface area (Å²) in [4.78, 5) is 20.2. The number of nitrogens with zero attached hydrogens (tertiary/aromatic N) is 4. The van der Waals surface area contributed by atoms with E-state index < -0.39 is 10.6 Å². The molecule has 1 aromatic heterocycles. The summed E-state index contributed by atoms with van der Waals surface area (Å²) >= 11 is 0. The van der Waals surface area contributed by atoms with Crippen molar-refractivity contribution < 1.29 is 14.4 Å². The number of nitrogens with two attached hydrogens (primary N) is 1. The van der Waals surface area contributed by atoms with Crippen LogP contribution in [0.5, 0.6) is 5.88 Å². The first kappa shape index (κ1) is 14.3. The van der Waals surface area contributed by atoms with Crippen LogP contribution in [0.25, 0.3) is 0 Å². The van der Waals surface area contributed by atoms with Crippen molar-refractivity contribution in [1.29, 1.82) is 0 Å². The fourth-order valence-corrected chi connectivity index (χ4v) is 2.24. The highest BCUT2D eigenvalue weighted by molar-refractivity contribution is 5.61. The van der Waals surface area contributed by atoms with Gasteiger partial charge in [0, 0.05) is 13.1 Å². The van der Waals surface area contributed by atoms with E-state index in [4.69, 9.17) is 15.2 Å². The lowest BCUT2D eigenvalue weighted by atomic mass is 10.2. The van der Waals surface area contributed by atoms with Gasteiger partial charge in [-0.25, -0.2) is 0 Å². The van der Waals surface area contributed by atoms with Gasteiger partial charge in [0.15, 0.2) is 0 Å². The Morgan fingerprint density at radius 3 is 2.50 bits per heavy atom.